The summed E-state index contributed by atoms with van der Waals surface area (Å²) >= 11 is 0. The zero-order chi connectivity index (χ0) is 10.8. The summed E-state index contributed by atoms with van der Waals surface area (Å²) in [6, 6.07) is 0. The SMILES string of the molecule is Cc1cnc(C(=O)NC(C)(C)CO)o1. The molecule has 0 atom stereocenters. The van der Waals surface area contributed by atoms with Gasteiger partial charge in [-0.3, -0.25) is 4.79 Å². The Morgan fingerprint density at radius 1 is 1.71 bits per heavy atom. The van der Waals surface area contributed by atoms with Crippen LogP contribution in [0.15, 0.2) is 10.6 Å². The summed E-state index contributed by atoms with van der Waals surface area (Å²) in [5.74, 6) is 0.179. The summed E-state index contributed by atoms with van der Waals surface area (Å²) < 4.78 is 5.03. The predicted molar refractivity (Wildman–Crippen MR) is 49.9 cm³/mol. The molecule has 0 aliphatic rings. The van der Waals surface area contributed by atoms with Crippen LogP contribution in [0.4, 0.5) is 0 Å². The van der Waals surface area contributed by atoms with Gasteiger partial charge in [-0.05, 0) is 20.8 Å². The molecule has 5 nitrogen and oxygen atoms in total. The molecule has 0 aliphatic heterocycles. The highest BCUT2D eigenvalue weighted by Gasteiger charge is 2.22. The second-order valence-electron chi connectivity index (χ2n) is 3.77. The minimum absolute atomic E-state index is 0.0176. The van der Waals surface area contributed by atoms with Gasteiger partial charge in [-0.2, -0.15) is 0 Å². The van der Waals surface area contributed by atoms with E-state index in [4.69, 9.17) is 9.52 Å². The van der Waals surface area contributed by atoms with Gasteiger partial charge in [0.1, 0.15) is 5.76 Å². The van der Waals surface area contributed by atoms with E-state index in [0.717, 1.165) is 0 Å². The molecule has 2 N–H and O–H groups in total. The molecule has 0 aromatic carbocycles. The maximum absolute atomic E-state index is 11.5. The van der Waals surface area contributed by atoms with Gasteiger partial charge in [-0.1, -0.05) is 0 Å². The topological polar surface area (TPSA) is 75.4 Å². The first-order chi connectivity index (χ1) is 6.44. The molecule has 0 unspecified atom stereocenters. The maximum atomic E-state index is 11.5. The number of hydrogen-bond acceptors (Lipinski definition) is 4. The van der Waals surface area contributed by atoms with Crippen molar-refractivity contribution in [1.29, 1.82) is 0 Å². The molecule has 0 aliphatic carbocycles. The van der Waals surface area contributed by atoms with Gasteiger partial charge in [-0.25, -0.2) is 4.98 Å². The van der Waals surface area contributed by atoms with Crippen LogP contribution in [0.1, 0.15) is 30.3 Å². The van der Waals surface area contributed by atoms with E-state index in [1.165, 1.54) is 6.20 Å². The molecule has 0 saturated heterocycles. The number of aryl methyl sites for hydroxylation is 1. The third-order valence-electron chi connectivity index (χ3n) is 1.66. The van der Waals surface area contributed by atoms with Crippen molar-refractivity contribution >= 4 is 5.91 Å². The van der Waals surface area contributed by atoms with Crippen molar-refractivity contribution in [3.8, 4) is 0 Å². The van der Waals surface area contributed by atoms with E-state index in [1.54, 1.807) is 20.8 Å². The lowest BCUT2D eigenvalue weighted by Crippen LogP contribution is -2.46. The standard InChI is InChI=1S/C9H14N2O3/c1-6-4-10-8(14-6)7(13)11-9(2,3)5-12/h4,12H,5H2,1-3H3,(H,11,13). The molecule has 0 fully saturated rings. The Bertz CT molecular complexity index is 331. The number of aromatic nitrogens is 1. The van der Waals surface area contributed by atoms with Crippen LogP contribution < -0.4 is 5.32 Å². The van der Waals surface area contributed by atoms with E-state index in [-0.39, 0.29) is 12.5 Å². The Morgan fingerprint density at radius 3 is 2.79 bits per heavy atom. The monoisotopic (exact) mass is 198 g/mol. The summed E-state index contributed by atoms with van der Waals surface area (Å²) in [7, 11) is 0. The molecule has 0 saturated carbocycles. The van der Waals surface area contributed by atoms with Crippen molar-refractivity contribution in [1.82, 2.24) is 10.3 Å². The first-order valence-corrected chi connectivity index (χ1v) is 4.30. The van der Waals surface area contributed by atoms with Gasteiger partial charge in [0.2, 0.25) is 0 Å². The first-order valence-electron chi connectivity index (χ1n) is 4.30. The third-order valence-corrected chi connectivity index (χ3v) is 1.66. The highest BCUT2D eigenvalue weighted by Crippen LogP contribution is 2.05. The van der Waals surface area contributed by atoms with Crippen LogP contribution in [-0.2, 0) is 0 Å². The van der Waals surface area contributed by atoms with Crippen LogP contribution in [0.3, 0.4) is 0 Å². The molecule has 1 heterocycles. The van der Waals surface area contributed by atoms with Gasteiger partial charge in [0.25, 0.3) is 5.89 Å². The van der Waals surface area contributed by atoms with Gasteiger partial charge in [0.05, 0.1) is 18.3 Å². The van der Waals surface area contributed by atoms with Crippen molar-refractivity contribution in [3.05, 3.63) is 17.8 Å². The summed E-state index contributed by atoms with van der Waals surface area (Å²) in [6.07, 6.45) is 1.47. The average Bonchev–Trinajstić information content (AvgIpc) is 2.51. The quantitative estimate of drug-likeness (QED) is 0.740. The number of carbonyl (C=O) groups is 1. The van der Waals surface area contributed by atoms with Gasteiger partial charge < -0.3 is 14.8 Å². The Morgan fingerprint density at radius 2 is 2.36 bits per heavy atom. The second kappa shape index (κ2) is 3.79. The Balaban J connectivity index is 2.68. The number of oxazole rings is 1. The smallest absolute Gasteiger partial charge is 0.307 e. The van der Waals surface area contributed by atoms with Crippen molar-refractivity contribution in [2.75, 3.05) is 6.61 Å². The van der Waals surface area contributed by atoms with E-state index in [1.807, 2.05) is 0 Å². The first kappa shape index (κ1) is 10.7. The van der Waals surface area contributed by atoms with E-state index in [0.29, 0.717) is 5.76 Å². The number of carbonyl (C=O) groups excluding carboxylic acids is 1. The molecule has 0 spiro atoms. The second-order valence-corrected chi connectivity index (χ2v) is 3.77. The Labute approximate surface area is 82.1 Å². The predicted octanol–water partition coefficient (Wildman–Crippen LogP) is 0.484. The van der Waals surface area contributed by atoms with E-state index < -0.39 is 11.4 Å². The van der Waals surface area contributed by atoms with Crippen LogP contribution in [0, 0.1) is 6.92 Å². The van der Waals surface area contributed by atoms with Crippen molar-refractivity contribution < 1.29 is 14.3 Å². The summed E-state index contributed by atoms with van der Waals surface area (Å²) in [5.41, 5.74) is -0.667. The summed E-state index contributed by atoms with van der Waals surface area (Å²) in [6.45, 7) is 4.99. The number of nitrogens with zero attached hydrogens (tertiary/aromatic N) is 1. The third kappa shape index (κ3) is 2.56. The number of hydrogen-bond donors (Lipinski definition) is 2. The minimum Gasteiger partial charge on any atom is -0.438 e. The van der Waals surface area contributed by atoms with Crippen LogP contribution >= 0.6 is 0 Å². The van der Waals surface area contributed by atoms with E-state index in [9.17, 15) is 4.79 Å². The number of amides is 1. The van der Waals surface area contributed by atoms with Crippen LogP contribution in [-0.4, -0.2) is 28.1 Å². The van der Waals surface area contributed by atoms with Gasteiger partial charge >= 0.3 is 5.91 Å². The normalized spacial score (nSPS) is 11.4. The van der Waals surface area contributed by atoms with Crippen LogP contribution in [0.25, 0.3) is 0 Å². The Hall–Kier alpha value is -1.36. The fourth-order valence-electron chi connectivity index (χ4n) is 0.860. The fraction of sp³-hybridized carbons (Fsp3) is 0.556. The highest BCUT2D eigenvalue weighted by atomic mass is 16.4. The molecule has 0 bridgehead atoms. The lowest BCUT2D eigenvalue weighted by molar-refractivity contribution is 0.0833. The van der Waals surface area contributed by atoms with Gasteiger partial charge in [0.15, 0.2) is 0 Å². The van der Waals surface area contributed by atoms with Gasteiger partial charge in [0, 0.05) is 0 Å². The fourth-order valence-corrected chi connectivity index (χ4v) is 0.860. The number of rotatable bonds is 3. The molecular formula is C9H14N2O3. The van der Waals surface area contributed by atoms with Crippen molar-refractivity contribution in [3.63, 3.8) is 0 Å². The number of aliphatic hydroxyl groups is 1. The number of aliphatic hydroxyl groups excluding tert-OH is 1. The van der Waals surface area contributed by atoms with Crippen molar-refractivity contribution in [2.45, 2.75) is 26.3 Å². The van der Waals surface area contributed by atoms with E-state index in [2.05, 4.69) is 10.3 Å². The van der Waals surface area contributed by atoms with Gasteiger partial charge in [-0.15, -0.1) is 0 Å². The molecule has 5 heteroatoms. The molecule has 0 radical (unpaired) electrons. The highest BCUT2D eigenvalue weighted by molar-refractivity contribution is 5.90. The van der Waals surface area contributed by atoms with Crippen LogP contribution in [0.2, 0.25) is 0 Å². The largest absolute Gasteiger partial charge is 0.438 e. The molecule has 1 rings (SSSR count). The zero-order valence-electron chi connectivity index (χ0n) is 8.50. The molecular weight excluding hydrogens is 184 g/mol. The Kier molecular flexibility index (Phi) is 2.90. The minimum atomic E-state index is -0.667. The summed E-state index contributed by atoms with van der Waals surface area (Å²) in [5, 5.41) is 11.5. The average molecular weight is 198 g/mol. The molecule has 14 heavy (non-hydrogen) atoms. The molecule has 1 aromatic heterocycles. The molecule has 1 aromatic rings. The summed E-state index contributed by atoms with van der Waals surface area (Å²) in [4.78, 5) is 15.2. The van der Waals surface area contributed by atoms with Crippen molar-refractivity contribution in [2.24, 2.45) is 0 Å². The van der Waals surface area contributed by atoms with Crippen LogP contribution in [0.5, 0.6) is 0 Å². The lowest BCUT2D eigenvalue weighted by atomic mass is 10.1. The maximum Gasteiger partial charge on any atom is 0.307 e. The zero-order valence-corrected chi connectivity index (χ0v) is 8.50. The molecule has 1 amide bonds. The number of nitrogens with one attached hydrogen (secondary N) is 1. The lowest BCUT2D eigenvalue weighted by Gasteiger charge is -2.22. The van der Waals surface area contributed by atoms with E-state index >= 15 is 0 Å². The molecule has 78 valence electrons.